The molecule has 2 heteroatoms. The molecule has 1 atom stereocenters. The summed E-state index contributed by atoms with van der Waals surface area (Å²) in [6.45, 7) is 4.48. The molecule has 21 heavy (non-hydrogen) atoms. The summed E-state index contributed by atoms with van der Waals surface area (Å²) in [4.78, 5) is 0. The van der Waals surface area contributed by atoms with Crippen molar-refractivity contribution in [2.75, 3.05) is 5.33 Å². The summed E-state index contributed by atoms with van der Waals surface area (Å²) >= 11 is 7.23. The fraction of sp³-hybridized carbons (Fsp3) is 0.368. The molecule has 0 bridgehead atoms. The smallest absolute Gasteiger partial charge is 0.0177 e. The maximum atomic E-state index is 3.68. The van der Waals surface area contributed by atoms with Gasteiger partial charge in [0.2, 0.25) is 0 Å². The van der Waals surface area contributed by atoms with Crippen LogP contribution >= 0.6 is 31.9 Å². The summed E-state index contributed by atoms with van der Waals surface area (Å²) in [6.07, 6.45) is 2.23. The van der Waals surface area contributed by atoms with Crippen LogP contribution in [0.2, 0.25) is 0 Å². The van der Waals surface area contributed by atoms with Gasteiger partial charge >= 0.3 is 0 Å². The van der Waals surface area contributed by atoms with E-state index >= 15 is 0 Å². The number of alkyl halides is 1. The van der Waals surface area contributed by atoms with Crippen LogP contribution in [0.1, 0.15) is 36.5 Å². The predicted molar refractivity (Wildman–Crippen MR) is 99.4 cm³/mol. The molecule has 2 aromatic carbocycles. The van der Waals surface area contributed by atoms with Crippen molar-refractivity contribution < 1.29 is 0 Å². The van der Waals surface area contributed by atoms with Gasteiger partial charge in [-0.25, -0.2) is 0 Å². The van der Waals surface area contributed by atoms with Crippen molar-refractivity contribution >= 4 is 31.9 Å². The van der Waals surface area contributed by atoms with Crippen LogP contribution < -0.4 is 0 Å². The van der Waals surface area contributed by atoms with Crippen LogP contribution in [0.15, 0.2) is 53.0 Å². The molecular formula is C19H22Br2. The molecule has 0 N–H and O–H groups in total. The van der Waals surface area contributed by atoms with E-state index < -0.39 is 0 Å². The topological polar surface area (TPSA) is 0 Å². The van der Waals surface area contributed by atoms with Crippen molar-refractivity contribution in [2.24, 2.45) is 5.92 Å². The zero-order valence-corrected chi connectivity index (χ0v) is 15.8. The van der Waals surface area contributed by atoms with Gasteiger partial charge in [-0.05, 0) is 53.5 Å². The molecule has 0 aliphatic carbocycles. The molecule has 0 amide bonds. The molecule has 0 aromatic heterocycles. The van der Waals surface area contributed by atoms with Crippen LogP contribution in [0.25, 0.3) is 0 Å². The number of hydrogen-bond donors (Lipinski definition) is 0. The van der Waals surface area contributed by atoms with E-state index in [1.807, 2.05) is 0 Å². The monoisotopic (exact) mass is 408 g/mol. The van der Waals surface area contributed by atoms with Gasteiger partial charge in [0.15, 0.2) is 0 Å². The Kier molecular flexibility index (Phi) is 6.50. The standard InChI is InChI=1S/C19H22Br2/c1-14(2)18-8-6-15(7-9-18)10-17(13-20)11-16-4-3-5-19(21)12-16/h3-9,12,14,17H,10-11,13H2,1-2H3. The summed E-state index contributed by atoms with van der Waals surface area (Å²) in [5.74, 6) is 1.23. The SMILES string of the molecule is CC(C)c1ccc(CC(CBr)Cc2cccc(Br)c2)cc1. The third-order valence-electron chi connectivity index (χ3n) is 3.80. The molecule has 0 aliphatic heterocycles. The third-order valence-corrected chi connectivity index (χ3v) is 5.21. The quantitative estimate of drug-likeness (QED) is 0.486. The van der Waals surface area contributed by atoms with E-state index in [2.05, 4.69) is 94.2 Å². The second kappa shape index (κ2) is 8.14. The lowest BCUT2D eigenvalue weighted by atomic mass is 9.93. The summed E-state index contributed by atoms with van der Waals surface area (Å²) < 4.78 is 1.16. The number of halogens is 2. The fourth-order valence-electron chi connectivity index (χ4n) is 2.55. The maximum Gasteiger partial charge on any atom is 0.0177 e. The zero-order chi connectivity index (χ0) is 15.2. The molecule has 0 aliphatic rings. The second-order valence-electron chi connectivity index (χ2n) is 5.95. The molecule has 2 aromatic rings. The molecule has 1 unspecified atom stereocenters. The molecule has 0 fully saturated rings. The number of rotatable bonds is 6. The molecule has 112 valence electrons. The summed E-state index contributed by atoms with van der Waals surface area (Å²) in [6, 6.07) is 17.7. The molecule has 0 nitrogen and oxygen atoms in total. The van der Waals surface area contributed by atoms with Gasteiger partial charge in [0, 0.05) is 9.80 Å². The lowest BCUT2D eigenvalue weighted by molar-refractivity contribution is 0.591. The Balaban J connectivity index is 2.01. The number of benzene rings is 2. The summed E-state index contributed by atoms with van der Waals surface area (Å²) in [5.41, 5.74) is 4.24. The Morgan fingerprint density at radius 2 is 1.57 bits per heavy atom. The Bertz CT molecular complexity index is 558. The Hall–Kier alpha value is -0.600. The Morgan fingerprint density at radius 3 is 2.14 bits per heavy atom. The van der Waals surface area contributed by atoms with Gasteiger partial charge in [-0.3, -0.25) is 0 Å². The molecule has 0 saturated carbocycles. The third kappa shape index (κ3) is 5.27. The average molecular weight is 410 g/mol. The maximum absolute atomic E-state index is 3.68. The highest BCUT2D eigenvalue weighted by Crippen LogP contribution is 2.21. The molecular weight excluding hydrogens is 388 g/mol. The van der Waals surface area contributed by atoms with Crippen LogP contribution in [0.3, 0.4) is 0 Å². The van der Waals surface area contributed by atoms with E-state index in [1.165, 1.54) is 16.7 Å². The van der Waals surface area contributed by atoms with Crippen LogP contribution in [-0.4, -0.2) is 5.33 Å². The van der Waals surface area contributed by atoms with Crippen molar-refractivity contribution in [1.29, 1.82) is 0 Å². The van der Waals surface area contributed by atoms with Crippen LogP contribution in [0, 0.1) is 5.92 Å². The first kappa shape index (κ1) is 16.8. The normalized spacial score (nSPS) is 12.6. The first-order valence-corrected chi connectivity index (χ1v) is 9.39. The van der Waals surface area contributed by atoms with Crippen LogP contribution in [0.5, 0.6) is 0 Å². The minimum atomic E-state index is 0.604. The van der Waals surface area contributed by atoms with E-state index in [1.54, 1.807) is 0 Å². The van der Waals surface area contributed by atoms with Crippen molar-refractivity contribution in [1.82, 2.24) is 0 Å². The molecule has 2 rings (SSSR count). The van der Waals surface area contributed by atoms with Gasteiger partial charge in [-0.1, -0.05) is 82.1 Å². The van der Waals surface area contributed by atoms with Crippen molar-refractivity contribution in [3.05, 3.63) is 69.7 Å². The van der Waals surface area contributed by atoms with E-state index in [0.717, 1.165) is 22.6 Å². The minimum Gasteiger partial charge on any atom is -0.0925 e. The van der Waals surface area contributed by atoms with Crippen molar-refractivity contribution in [3.63, 3.8) is 0 Å². The molecule has 0 saturated heterocycles. The summed E-state index contributed by atoms with van der Waals surface area (Å²) in [5, 5.41) is 1.03. The average Bonchev–Trinajstić information content (AvgIpc) is 2.47. The van der Waals surface area contributed by atoms with Crippen molar-refractivity contribution in [3.8, 4) is 0 Å². The highest BCUT2D eigenvalue weighted by Gasteiger charge is 2.10. The molecule has 0 heterocycles. The Labute approximate surface area is 145 Å². The first-order valence-electron chi connectivity index (χ1n) is 7.47. The largest absolute Gasteiger partial charge is 0.0925 e. The van der Waals surface area contributed by atoms with E-state index in [0.29, 0.717) is 11.8 Å². The summed E-state index contributed by atoms with van der Waals surface area (Å²) in [7, 11) is 0. The van der Waals surface area contributed by atoms with Gasteiger partial charge in [0.25, 0.3) is 0 Å². The van der Waals surface area contributed by atoms with Crippen LogP contribution in [-0.2, 0) is 12.8 Å². The first-order chi connectivity index (χ1) is 10.1. The van der Waals surface area contributed by atoms with Gasteiger partial charge in [0.05, 0.1) is 0 Å². The van der Waals surface area contributed by atoms with Crippen molar-refractivity contribution in [2.45, 2.75) is 32.6 Å². The zero-order valence-electron chi connectivity index (χ0n) is 12.7. The lowest BCUT2D eigenvalue weighted by Crippen LogP contribution is -2.10. The highest BCUT2D eigenvalue weighted by molar-refractivity contribution is 9.10. The number of hydrogen-bond acceptors (Lipinski definition) is 0. The van der Waals surface area contributed by atoms with E-state index in [4.69, 9.17) is 0 Å². The van der Waals surface area contributed by atoms with Gasteiger partial charge < -0.3 is 0 Å². The minimum absolute atomic E-state index is 0.604. The highest BCUT2D eigenvalue weighted by atomic mass is 79.9. The van der Waals surface area contributed by atoms with E-state index in [9.17, 15) is 0 Å². The van der Waals surface area contributed by atoms with E-state index in [-0.39, 0.29) is 0 Å². The second-order valence-corrected chi connectivity index (χ2v) is 7.52. The predicted octanol–water partition coefficient (Wildman–Crippen LogP) is 6.37. The lowest BCUT2D eigenvalue weighted by Gasteiger charge is -2.15. The molecule has 0 radical (unpaired) electrons. The van der Waals surface area contributed by atoms with Gasteiger partial charge in [-0.15, -0.1) is 0 Å². The molecule has 0 spiro atoms. The van der Waals surface area contributed by atoms with Crippen LogP contribution in [0.4, 0.5) is 0 Å². The Morgan fingerprint density at radius 1 is 0.905 bits per heavy atom. The fourth-order valence-corrected chi connectivity index (χ4v) is 3.45. The van der Waals surface area contributed by atoms with Gasteiger partial charge in [-0.2, -0.15) is 0 Å². The van der Waals surface area contributed by atoms with Gasteiger partial charge in [0.1, 0.15) is 0 Å².